The summed E-state index contributed by atoms with van der Waals surface area (Å²) in [5.41, 5.74) is 9.32. The maximum Gasteiger partial charge on any atom is 0.0547 e. The maximum absolute atomic E-state index is 2.46. The lowest BCUT2D eigenvalue weighted by molar-refractivity contribution is 0.661. The quantitative estimate of drug-likeness (QED) is 0.230. The smallest absolute Gasteiger partial charge is 0.0547 e. The van der Waals surface area contributed by atoms with Gasteiger partial charge in [0.05, 0.1) is 16.7 Å². The number of aromatic nitrogens is 1. The molecule has 8 rings (SSSR count). The van der Waals surface area contributed by atoms with Gasteiger partial charge in [-0.05, 0) is 74.8 Å². The highest BCUT2D eigenvalue weighted by atomic mass is 15.0. The van der Waals surface area contributed by atoms with Crippen LogP contribution < -0.4 is 0 Å². The average Bonchev–Trinajstić information content (AvgIpc) is 3.34. The Kier molecular flexibility index (Phi) is 3.79. The summed E-state index contributed by atoms with van der Waals surface area (Å²) >= 11 is 0. The number of hydrogen-bond donors (Lipinski definition) is 0. The van der Waals surface area contributed by atoms with Crippen molar-refractivity contribution in [3.63, 3.8) is 0 Å². The molecule has 0 bridgehead atoms. The summed E-state index contributed by atoms with van der Waals surface area (Å²) < 4.78 is 2.46. The summed E-state index contributed by atoms with van der Waals surface area (Å²) in [5, 5.41) is 7.73. The Bertz CT molecular complexity index is 2010. The van der Waals surface area contributed by atoms with E-state index in [0.29, 0.717) is 0 Å². The molecule has 36 heavy (non-hydrogen) atoms. The van der Waals surface area contributed by atoms with Gasteiger partial charge in [-0.25, -0.2) is 0 Å². The molecule has 0 aliphatic heterocycles. The molecular weight excluding hydrogens is 434 g/mol. The maximum atomic E-state index is 2.46. The SMILES string of the molecule is CC1(C)c2ccccc2-c2cc3cc4c5ccccc5n(-c5cccc6ccccc56)c4cc3cc21. The van der Waals surface area contributed by atoms with Gasteiger partial charge in [0.25, 0.3) is 0 Å². The van der Waals surface area contributed by atoms with Crippen molar-refractivity contribution in [3.05, 3.63) is 126 Å². The standard InChI is InChI=1S/C35H25N/c1-35(2)30-15-7-5-13-26(30)28-18-23-19-29-27-14-6-8-16-33(27)36(34(29)21-24(23)20-31(28)35)32-17-9-11-22-10-3-4-12-25(22)32/h3-21H,1-2H3. The summed E-state index contributed by atoms with van der Waals surface area (Å²) in [6, 6.07) is 42.7. The summed E-state index contributed by atoms with van der Waals surface area (Å²) in [6.45, 7) is 4.71. The molecule has 0 saturated heterocycles. The van der Waals surface area contributed by atoms with Gasteiger partial charge in [-0.1, -0.05) is 92.7 Å². The molecule has 1 aromatic heterocycles. The fourth-order valence-electron chi connectivity index (χ4n) is 6.58. The molecule has 0 spiro atoms. The van der Waals surface area contributed by atoms with Crippen LogP contribution >= 0.6 is 0 Å². The van der Waals surface area contributed by atoms with Crippen LogP contribution in [0.25, 0.3) is 60.2 Å². The van der Waals surface area contributed by atoms with Crippen molar-refractivity contribution < 1.29 is 0 Å². The van der Waals surface area contributed by atoms with Crippen molar-refractivity contribution in [3.8, 4) is 16.8 Å². The molecule has 0 atom stereocenters. The van der Waals surface area contributed by atoms with Crippen LogP contribution in [0, 0.1) is 0 Å². The second-order valence-electron chi connectivity index (χ2n) is 10.6. The fraction of sp³-hybridized carbons (Fsp3) is 0.0857. The molecule has 0 saturated carbocycles. The van der Waals surface area contributed by atoms with Gasteiger partial charge in [-0.2, -0.15) is 0 Å². The van der Waals surface area contributed by atoms with Crippen LogP contribution in [-0.2, 0) is 5.41 Å². The molecule has 1 aliphatic carbocycles. The first-order valence-electron chi connectivity index (χ1n) is 12.7. The van der Waals surface area contributed by atoms with Crippen molar-refractivity contribution in [1.82, 2.24) is 4.57 Å². The van der Waals surface area contributed by atoms with Crippen molar-refractivity contribution >= 4 is 43.4 Å². The number of benzene rings is 6. The first-order valence-corrected chi connectivity index (χ1v) is 12.7. The minimum atomic E-state index is -0.00257. The Labute approximate surface area is 210 Å². The van der Waals surface area contributed by atoms with E-state index in [1.54, 1.807) is 0 Å². The minimum Gasteiger partial charge on any atom is -0.309 e. The lowest BCUT2D eigenvalue weighted by Gasteiger charge is -2.21. The van der Waals surface area contributed by atoms with Gasteiger partial charge < -0.3 is 4.57 Å². The largest absolute Gasteiger partial charge is 0.309 e. The third-order valence-corrected chi connectivity index (χ3v) is 8.34. The normalized spacial score (nSPS) is 14.1. The van der Waals surface area contributed by atoms with Crippen molar-refractivity contribution in [1.29, 1.82) is 0 Å². The number of hydrogen-bond acceptors (Lipinski definition) is 0. The van der Waals surface area contributed by atoms with Crippen LogP contribution in [0.5, 0.6) is 0 Å². The molecule has 0 amide bonds. The molecule has 0 radical (unpaired) electrons. The van der Waals surface area contributed by atoms with Crippen LogP contribution in [0.2, 0.25) is 0 Å². The van der Waals surface area contributed by atoms with E-state index in [2.05, 4.69) is 134 Å². The minimum absolute atomic E-state index is 0.00257. The second kappa shape index (κ2) is 6.86. The first-order chi connectivity index (χ1) is 17.6. The van der Waals surface area contributed by atoms with Crippen LogP contribution in [0.1, 0.15) is 25.0 Å². The molecule has 1 heterocycles. The van der Waals surface area contributed by atoms with Gasteiger partial charge in [0.1, 0.15) is 0 Å². The summed E-state index contributed by atoms with van der Waals surface area (Å²) in [7, 11) is 0. The van der Waals surface area contributed by atoms with Gasteiger partial charge in [0.15, 0.2) is 0 Å². The fourth-order valence-corrected chi connectivity index (χ4v) is 6.58. The van der Waals surface area contributed by atoms with E-state index in [4.69, 9.17) is 0 Å². The zero-order valence-corrected chi connectivity index (χ0v) is 20.4. The van der Waals surface area contributed by atoms with Crippen LogP contribution in [0.15, 0.2) is 115 Å². The topological polar surface area (TPSA) is 4.93 Å². The molecule has 170 valence electrons. The molecule has 1 aliphatic rings. The average molecular weight is 460 g/mol. The summed E-state index contributed by atoms with van der Waals surface area (Å²) in [5.74, 6) is 0. The number of fused-ring (bicyclic) bond motifs is 8. The van der Waals surface area contributed by atoms with Gasteiger partial charge in [-0.15, -0.1) is 0 Å². The Hall–Kier alpha value is -4.36. The number of para-hydroxylation sites is 1. The van der Waals surface area contributed by atoms with E-state index in [1.807, 2.05) is 0 Å². The number of rotatable bonds is 1. The molecule has 7 aromatic rings. The highest BCUT2D eigenvalue weighted by molar-refractivity contribution is 6.15. The van der Waals surface area contributed by atoms with Gasteiger partial charge in [0.2, 0.25) is 0 Å². The highest BCUT2D eigenvalue weighted by Crippen LogP contribution is 2.50. The third kappa shape index (κ3) is 2.50. The van der Waals surface area contributed by atoms with Crippen molar-refractivity contribution in [2.75, 3.05) is 0 Å². The van der Waals surface area contributed by atoms with E-state index in [-0.39, 0.29) is 5.41 Å². The van der Waals surface area contributed by atoms with E-state index < -0.39 is 0 Å². The molecule has 0 unspecified atom stereocenters. The van der Waals surface area contributed by atoms with Crippen molar-refractivity contribution in [2.45, 2.75) is 19.3 Å². The summed E-state index contributed by atoms with van der Waals surface area (Å²) in [4.78, 5) is 0. The Morgan fingerprint density at radius 3 is 2.11 bits per heavy atom. The second-order valence-corrected chi connectivity index (χ2v) is 10.6. The lowest BCUT2D eigenvalue weighted by atomic mass is 9.82. The zero-order valence-electron chi connectivity index (χ0n) is 20.4. The zero-order chi connectivity index (χ0) is 24.0. The monoisotopic (exact) mass is 459 g/mol. The molecule has 1 heteroatoms. The highest BCUT2D eigenvalue weighted by Gasteiger charge is 2.35. The van der Waals surface area contributed by atoms with Crippen LogP contribution in [0.3, 0.4) is 0 Å². The van der Waals surface area contributed by atoms with Crippen LogP contribution in [0.4, 0.5) is 0 Å². The molecule has 0 N–H and O–H groups in total. The van der Waals surface area contributed by atoms with Gasteiger partial charge in [0, 0.05) is 21.6 Å². The Morgan fingerprint density at radius 2 is 1.19 bits per heavy atom. The van der Waals surface area contributed by atoms with Gasteiger partial charge in [-0.3, -0.25) is 0 Å². The molecule has 6 aromatic carbocycles. The van der Waals surface area contributed by atoms with Crippen molar-refractivity contribution in [2.24, 2.45) is 0 Å². The predicted molar refractivity (Wildman–Crippen MR) is 153 cm³/mol. The van der Waals surface area contributed by atoms with E-state index in [1.165, 1.54) is 71.3 Å². The van der Waals surface area contributed by atoms with Crippen LogP contribution in [-0.4, -0.2) is 4.57 Å². The van der Waals surface area contributed by atoms with E-state index >= 15 is 0 Å². The molecule has 1 nitrogen and oxygen atoms in total. The molecule has 0 fully saturated rings. The predicted octanol–water partition coefficient (Wildman–Crippen LogP) is 9.40. The third-order valence-electron chi connectivity index (χ3n) is 8.34. The first kappa shape index (κ1) is 19.9. The van der Waals surface area contributed by atoms with E-state index in [9.17, 15) is 0 Å². The lowest BCUT2D eigenvalue weighted by Crippen LogP contribution is -2.14. The summed E-state index contributed by atoms with van der Waals surface area (Å²) in [6.07, 6.45) is 0. The Balaban J connectivity index is 1.50. The van der Waals surface area contributed by atoms with Gasteiger partial charge >= 0.3 is 0 Å². The molecular formula is C35H25N. The number of nitrogens with zero attached hydrogens (tertiary/aromatic N) is 1. The Morgan fingerprint density at radius 1 is 0.472 bits per heavy atom. The van der Waals surface area contributed by atoms with E-state index in [0.717, 1.165) is 0 Å².